The molecule has 6 heteroatoms. The van der Waals surface area contributed by atoms with Crippen molar-refractivity contribution in [2.24, 2.45) is 0 Å². The number of aliphatic hydroxyl groups is 1. The molecule has 0 amide bonds. The number of hydrogen-bond donors (Lipinski definition) is 2. The number of rotatable bonds is 6. The number of aryl methyl sites for hydroxylation is 1. The quantitative estimate of drug-likeness (QED) is 0.671. The number of aromatic nitrogens is 3. The zero-order valence-electron chi connectivity index (χ0n) is 9.30. The second-order valence-corrected chi connectivity index (χ2v) is 4.04. The highest BCUT2D eigenvalue weighted by atomic mass is 16.7. The van der Waals surface area contributed by atoms with Crippen molar-refractivity contribution in [3.05, 3.63) is 11.9 Å². The standard InChI is InChI=1S/C10H18N4O2/c15-5-3-1-2-4-9-7-14(13-12-9)10-6-11-16-8-10/h7,10-11,15H,1-6,8H2/t10-/m0/s1. The number of unbranched alkanes of at least 4 members (excludes halogenated alkanes) is 2. The topological polar surface area (TPSA) is 72.2 Å². The van der Waals surface area contributed by atoms with E-state index in [1.54, 1.807) is 0 Å². The molecule has 0 aliphatic carbocycles. The van der Waals surface area contributed by atoms with Crippen LogP contribution in [0.2, 0.25) is 0 Å². The Morgan fingerprint density at radius 1 is 1.50 bits per heavy atom. The molecule has 2 N–H and O–H groups in total. The van der Waals surface area contributed by atoms with Crippen LogP contribution in [0.5, 0.6) is 0 Å². The second kappa shape index (κ2) is 5.93. The van der Waals surface area contributed by atoms with Crippen LogP contribution in [0.1, 0.15) is 31.0 Å². The van der Waals surface area contributed by atoms with Gasteiger partial charge in [-0.3, -0.25) is 4.84 Å². The third-order valence-electron chi connectivity index (χ3n) is 2.72. The molecule has 0 radical (unpaired) electrons. The van der Waals surface area contributed by atoms with Gasteiger partial charge in [0.05, 0.1) is 18.3 Å². The lowest BCUT2D eigenvalue weighted by Gasteiger charge is -2.03. The molecule has 0 unspecified atom stereocenters. The number of hydroxylamine groups is 1. The minimum Gasteiger partial charge on any atom is -0.396 e. The highest BCUT2D eigenvalue weighted by molar-refractivity contribution is 4.94. The maximum Gasteiger partial charge on any atom is 0.0937 e. The minimum absolute atomic E-state index is 0.263. The summed E-state index contributed by atoms with van der Waals surface area (Å²) in [5.41, 5.74) is 3.84. The van der Waals surface area contributed by atoms with Gasteiger partial charge in [-0.25, -0.2) is 10.2 Å². The van der Waals surface area contributed by atoms with Crippen molar-refractivity contribution < 1.29 is 9.94 Å². The molecule has 90 valence electrons. The van der Waals surface area contributed by atoms with E-state index in [2.05, 4.69) is 15.8 Å². The normalized spacial score (nSPS) is 20.4. The van der Waals surface area contributed by atoms with Gasteiger partial charge < -0.3 is 5.11 Å². The van der Waals surface area contributed by atoms with Gasteiger partial charge in [0.2, 0.25) is 0 Å². The average Bonchev–Trinajstić information content (AvgIpc) is 2.94. The van der Waals surface area contributed by atoms with Gasteiger partial charge in [-0.1, -0.05) is 11.6 Å². The summed E-state index contributed by atoms with van der Waals surface area (Å²) in [6, 6.07) is 0.263. The molecule has 1 aromatic heterocycles. The Bertz CT molecular complexity index is 310. The molecular formula is C10H18N4O2. The van der Waals surface area contributed by atoms with Crippen molar-refractivity contribution in [2.45, 2.75) is 31.7 Å². The number of aliphatic hydroxyl groups excluding tert-OH is 1. The first-order valence-corrected chi connectivity index (χ1v) is 5.76. The minimum atomic E-state index is 0.263. The van der Waals surface area contributed by atoms with E-state index in [9.17, 15) is 0 Å². The maximum atomic E-state index is 8.66. The van der Waals surface area contributed by atoms with E-state index in [4.69, 9.17) is 9.94 Å². The van der Waals surface area contributed by atoms with Crippen LogP contribution in [-0.4, -0.2) is 39.9 Å². The monoisotopic (exact) mass is 226 g/mol. The van der Waals surface area contributed by atoms with Crippen LogP contribution >= 0.6 is 0 Å². The lowest BCUT2D eigenvalue weighted by Crippen LogP contribution is -2.14. The number of nitrogens with one attached hydrogen (secondary N) is 1. The fraction of sp³-hybridized carbons (Fsp3) is 0.800. The summed E-state index contributed by atoms with van der Waals surface area (Å²) in [5, 5.41) is 16.9. The molecule has 1 fully saturated rings. The van der Waals surface area contributed by atoms with Crippen molar-refractivity contribution in [2.75, 3.05) is 19.8 Å². The van der Waals surface area contributed by atoms with Crippen molar-refractivity contribution in [3.63, 3.8) is 0 Å². The Hall–Kier alpha value is -0.980. The largest absolute Gasteiger partial charge is 0.396 e. The fourth-order valence-corrected chi connectivity index (χ4v) is 1.74. The molecule has 0 spiro atoms. The third-order valence-corrected chi connectivity index (χ3v) is 2.72. The summed E-state index contributed by atoms with van der Waals surface area (Å²) < 4.78 is 1.86. The molecule has 16 heavy (non-hydrogen) atoms. The van der Waals surface area contributed by atoms with Crippen LogP contribution in [0.3, 0.4) is 0 Å². The molecule has 1 aliphatic rings. The Labute approximate surface area is 94.6 Å². The summed E-state index contributed by atoms with van der Waals surface area (Å²) in [6.45, 7) is 1.71. The lowest BCUT2D eigenvalue weighted by atomic mass is 10.1. The molecule has 6 nitrogen and oxygen atoms in total. The fourth-order valence-electron chi connectivity index (χ4n) is 1.74. The Morgan fingerprint density at radius 3 is 3.19 bits per heavy atom. The van der Waals surface area contributed by atoms with Gasteiger partial charge in [-0.2, -0.15) is 0 Å². The summed E-state index contributed by atoms with van der Waals surface area (Å²) in [6.07, 6.45) is 5.88. The highest BCUT2D eigenvalue weighted by Gasteiger charge is 2.18. The predicted octanol–water partition coefficient (Wildman–Crippen LogP) is 0.0591. The van der Waals surface area contributed by atoms with Gasteiger partial charge in [0.15, 0.2) is 0 Å². The predicted molar refractivity (Wildman–Crippen MR) is 57.7 cm³/mol. The summed E-state index contributed by atoms with van der Waals surface area (Å²) >= 11 is 0. The Kier molecular flexibility index (Phi) is 4.26. The number of nitrogens with zero attached hydrogens (tertiary/aromatic N) is 3. The van der Waals surface area contributed by atoms with E-state index in [1.807, 2.05) is 10.9 Å². The van der Waals surface area contributed by atoms with E-state index < -0.39 is 0 Å². The van der Waals surface area contributed by atoms with E-state index >= 15 is 0 Å². The smallest absolute Gasteiger partial charge is 0.0937 e. The summed E-state index contributed by atoms with van der Waals surface area (Å²) in [7, 11) is 0. The summed E-state index contributed by atoms with van der Waals surface area (Å²) in [5.74, 6) is 0. The number of hydrogen-bond acceptors (Lipinski definition) is 5. The molecule has 0 saturated carbocycles. The van der Waals surface area contributed by atoms with E-state index in [0.717, 1.165) is 37.9 Å². The molecular weight excluding hydrogens is 208 g/mol. The van der Waals surface area contributed by atoms with Gasteiger partial charge in [0, 0.05) is 19.3 Å². The zero-order valence-corrected chi connectivity index (χ0v) is 9.30. The first kappa shape index (κ1) is 11.5. The van der Waals surface area contributed by atoms with Gasteiger partial charge in [0.25, 0.3) is 0 Å². The maximum absolute atomic E-state index is 8.66. The SMILES string of the molecule is OCCCCCc1cn([C@H]2CNOC2)nn1. The first-order chi connectivity index (χ1) is 7.90. The molecule has 2 rings (SSSR count). The Balaban J connectivity index is 1.77. The molecule has 0 aromatic carbocycles. The van der Waals surface area contributed by atoms with Crippen LogP contribution in [-0.2, 0) is 11.3 Å². The lowest BCUT2D eigenvalue weighted by molar-refractivity contribution is 0.0968. The van der Waals surface area contributed by atoms with Gasteiger partial charge in [-0.05, 0) is 19.3 Å². The van der Waals surface area contributed by atoms with E-state index in [0.29, 0.717) is 6.61 Å². The van der Waals surface area contributed by atoms with Crippen molar-refractivity contribution in [3.8, 4) is 0 Å². The van der Waals surface area contributed by atoms with Crippen molar-refractivity contribution in [1.29, 1.82) is 0 Å². The van der Waals surface area contributed by atoms with E-state index in [1.165, 1.54) is 0 Å². The van der Waals surface area contributed by atoms with Crippen LogP contribution in [0, 0.1) is 0 Å². The van der Waals surface area contributed by atoms with Gasteiger partial charge in [0.1, 0.15) is 0 Å². The molecule has 1 aliphatic heterocycles. The van der Waals surface area contributed by atoms with Crippen LogP contribution in [0.4, 0.5) is 0 Å². The highest BCUT2D eigenvalue weighted by Crippen LogP contribution is 2.10. The molecule has 1 atom stereocenters. The molecule has 1 aromatic rings. The van der Waals surface area contributed by atoms with Crippen LogP contribution < -0.4 is 5.48 Å². The molecule has 2 heterocycles. The zero-order chi connectivity index (χ0) is 11.2. The van der Waals surface area contributed by atoms with Gasteiger partial charge >= 0.3 is 0 Å². The van der Waals surface area contributed by atoms with Crippen LogP contribution in [0.25, 0.3) is 0 Å². The molecule has 1 saturated heterocycles. The second-order valence-electron chi connectivity index (χ2n) is 4.04. The third kappa shape index (κ3) is 3.01. The summed E-state index contributed by atoms with van der Waals surface area (Å²) in [4.78, 5) is 5.07. The van der Waals surface area contributed by atoms with Crippen molar-refractivity contribution >= 4 is 0 Å². The van der Waals surface area contributed by atoms with Gasteiger partial charge in [-0.15, -0.1) is 5.10 Å². The molecule has 0 bridgehead atoms. The Morgan fingerprint density at radius 2 is 2.44 bits per heavy atom. The average molecular weight is 226 g/mol. The van der Waals surface area contributed by atoms with Crippen molar-refractivity contribution in [1.82, 2.24) is 20.5 Å². The first-order valence-electron chi connectivity index (χ1n) is 5.76. The van der Waals surface area contributed by atoms with Crippen LogP contribution in [0.15, 0.2) is 6.20 Å². The van der Waals surface area contributed by atoms with E-state index in [-0.39, 0.29) is 12.6 Å².